The standard InChI is InChI=1S/C16H26FN3O2/c1-16(2,3)14(10-21)20(4)8-7-15(22)19-13-9-11(18)5-6-12(13)17/h5-6,9,14,21H,7-8,10,18H2,1-4H3,(H,19,22). The lowest BCUT2D eigenvalue weighted by Crippen LogP contribution is -2.45. The highest BCUT2D eigenvalue weighted by atomic mass is 19.1. The molecule has 1 rings (SSSR count). The molecule has 1 atom stereocenters. The molecule has 0 aromatic heterocycles. The number of carbonyl (C=O) groups excluding carboxylic acids is 1. The maximum Gasteiger partial charge on any atom is 0.225 e. The Kier molecular flexibility index (Phi) is 6.32. The number of amides is 1. The number of aliphatic hydroxyl groups is 1. The van der Waals surface area contributed by atoms with E-state index in [1.54, 1.807) is 0 Å². The monoisotopic (exact) mass is 311 g/mol. The number of nitrogens with zero attached hydrogens (tertiary/aromatic N) is 1. The Morgan fingerprint density at radius 2 is 2.09 bits per heavy atom. The number of nitrogens with one attached hydrogen (secondary N) is 1. The molecular weight excluding hydrogens is 285 g/mol. The van der Waals surface area contributed by atoms with Gasteiger partial charge in [0.2, 0.25) is 5.91 Å². The molecule has 124 valence electrons. The van der Waals surface area contributed by atoms with Crippen LogP contribution >= 0.6 is 0 Å². The second-order valence-electron chi connectivity index (χ2n) is 6.58. The Morgan fingerprint density at radius 1 is 1.45 bits per heavy atom. The first kappa shape index (κ1) is 18.4. The summed E-state index contributed by atoms with van der Waals surface area (Å²) in [7, 11) is 1.86. The van der Waals surface area contributed by atoms with Gasteiger partial charge in [0.1, 0.15) is 5.82 Å². The van der Waals surface area contributed by atoms with E-state index in [0.29, 0.717) is 12.2 Å². The number of halogens is 1. The number of likely N-dealkylation sites (N-methyl/N-ethyl adjacent to an activating group) is 1. The fourth-order valence-corrected chi connectivity index (χ4v) is 2.36. The van der Waals surface area contributed by atoms with E-state index in [4.69, 9.17) is 5.73 Å². The molecule has 0 saturated carbocycles. The minimum absolute atomic E-state index is 0.0193. The summed E-state index contributed by atoms with van der Waals surface area (Å²) in [4.78, 5) is 13.9. The summed E-state index contributed by atoms with van der Waals surface area (Å²) in [6.07, 6.45) is 0.206. The molecule has 5 nitrogen and oxygen atoms in total. The summed E-state index contributed by atoms with van der Waals surface area (Å²) >= 11 is 0. The van der Waals surface area contributed by atoms with Gasteiger partial charge in [0.15, 0.2) is 0 Å². The predicted molar refractivity (Wildman–Crippen MR) is 87.0 cm³/mol. The minimum atomic E-state index is -0.515. The van der Waals surface area contributed by atoms with Crippen molar-refractivity contribution < 1.29 is 14.3 Å². The molecule has 1 amide bonds. The Bertz CT molecular complexity index is 515. The van der Waals surface area contributed by atoms with Gasteiger partial charge in [0.05, 0.1) is 12.3 Å². The fourth-order valence-electron chi connectivity index (χ4n) is 2.36. The van der Waals surface area contributed by atoms with Gasteiger partial charge in [-0.1, -0.05) is 20.8 Å². The van der Waals surface area contributed by atoms with Crippen LogP contribution in [0.2, 0.25) is 0 Å². The number of benzene rings is 1. The Morgan fingerprint density at radius 3 is 2.64 bits per heavy atom. The maximum absolute atomic E-state index is 13.6. The summed E-state index contributed by atoms with van der Waals surface area (Å²) in [5.74, 6) is -0.805. The average Bonchev–Trinajstić information content (AvgIpc) is 2.40. The third-order valence-electron chi connectivity index (χ3n) is 3.66. The molecular formula is C16H26FN3O2. The number of hydrogen-bond donors (Lipinski definition) is 3. The van der Waals surface area contributed by atoms with Crippen molar-refractivity contribution in [3.8, 4) is 0 Å². The van der Waals surface area contributed by atoms with Crippen LogP contribution in [0.15, 0.2) is 18.2 Å². The quantitative estimate of drug-likeness (QED) is 0.703. The average molecular weight is 311 g/mol. The van der Waals surface area contributed by atoms with Crippen molar-refractivity contribution in [2.75, 3.05) is 31.2 Å². The van der Waals surface area contributed by atoms with Crippen molar-refractivity contribution in [3.05, 3.63) is 24.0 Å². The summed E-state index contributed by atoms with van der Waals surface area (Å²) in [5.41, 5.74) is 5.96. The zero-order valence-electron chi connectivity index (χ0n) is 13.7. The molecule has 0 saturated heterocycles. The van der Waals surface area contributed by atoms with Gasteiger partial charge in [-0.2, -0.15) is 0 Å². The van der Waals surface area contributed by atoms with Gasteiger partial charge in [-0.05, 0) is 30.7 Å². The third kappa shape index (κ3) is 5.27. The molecule has 0 bridgehead atoms. The zero-order valence-corrected chi connectivity index (χ0v) is 13.7. The molecule has 4 N–H and O–H groups in total. The Labute approximate surface area is 131 Å². The van der Waals surface area contributed by atoms with Gasteiger partial charge in [0.25, 0.3) is 0 Å². The number of aliphatic hydroxyl groups excluding tert-OH is 1. The number of hydrogen-bond acceptors (Lipinski definition) is 4. The molecule has 0 radical (unpaired) electrons. The molecule has 0 aliphatic carbocycles. The van der Waals surface area contributed by atoms with E-state index in [1.807, 2.05) is 32.7 Å². The molecule has 0 fully saturated rings. The molecule has 0 aliphatic heterocycles. The minimum Gasteiger partial charge on any atom is -0.399 e. The molecule has 1 aromatic rings. The van der Waals surface area contributed by atoms with Gasteiger partial charge < -0.3 is 21.1 Å². The third-order valence-corrected chi connectivity index (χ3v) is 3.66. The van der Waals surface area contributed by atoms with Crippen molar-refractivity contribution in [1.29, 1.82) is 0 Å². The largest absolute Gasteiger partial charge is 0.399 e. The van der Waals surface area contributed by atoms with Gasteiger partial charge in [-0.25, -0.2) is 4.39 Å². The highest BCUT2D eigenvalue weighted by molar-refractivity contribution is 5.91. The summed E-state index contributed by atoms with van der Waals surface area (Å²) in [5, 5.41) is 12.0. The van der Waals surface area contributed by atoms with E-state index in [2.05, 4.69) is 5.32 Å². The van der Waals surface area contributed by atoms with Crippen molar-refractivity contribution in [2.24, 2.45) is 5.41 Å². The van der Waals surface area contributed by atoms with Gasteiger partial charge >= 0.3 is 0 Å². The van der Waals surface area contributed by atoms with Crippen molar-refractivity contribution >= 4 is 17.3 Å². The van der Waals surface area contributed by atoms with Crippen LogP contribution in [0, 0.1) is 11.2 Å². The van der Waals surface area contributed by atoms with Crippen LogP contribution in [0.4, 0.5) is 15.8 Å². The van der Waals surface area contributed by atoms with Crippen LogP contribution in [0.5, 0.6) is 0 Å². The summed E-state index contributed by atoms with van der Waals surface area (Å²) < 4.78 is 13.6. The lowest BCUT2D eigenvalue weighted by molar-refractivity contribution is -0.116. The van der Waals surface area contributed by atoms with Gasteiger partial charge in [-0.3, -0.25) is 4.79 Å². The van der Waals surface area contributed by atoms with Crippen LogP contribution in [-0.4, -0.2) is 42.2 Å². The lowest BCUT2D eigenvalue weighted by Gasteiger charge is -2.36. The van der Waals surface area contributed by atoms with E-state index >= 15 is 0 Å². The van der Waals surface area contributed by atoms with Crippen molar-refractivity contribution in [2.45, 2.75) is 33.2 Å². The number of rotatable bonds is 6. The molecule has 1 unspecified atom stereocenters. The smallest absolute Gasteiger partial charge is 0.225 e. The first-order chi connectivity index (χ1) is 10.1. The second kappa shape index (κ2) is 7.56. The lowest BCUT2D eigenvalue weighted by atomic mass is 9.86. The number of nitrogen functional groups attached to an aromatic ring is 1. The first-order valence-corrected chi connectivity index (χ1v) is 7.31. The Hall–Kier alpha value is -1.66. The zero-order chi connectivity index (χ0) is 16.9. The first-order valence-electron chi connectivity index (χ1n) is 7.31. The van der Waals surface area contributed by atoms with E-state index < -0.39 is 5.82 Å². The van der Waals surface area contributed by atoms with Crippen LogP contribution < -0.4 is 11.1 Å². The molecule has 1 aromatic carbocycles. The highest BCUT2D eigenvalue weighted by Crippen LogP contribution is 2.23. The normalized spacial score (nSPS) is 13.2. The molecule has 0 spiro atoms. The predicted octanol–water partition coefficient (Wildman–Crippen LogP) is 2.08. The number of carbonyl (C=O) groups is 1. The Balaban J connectivity index is 2.57. The fraction of sp³-hybridized carbons (Fsp3) is 0.562. The SMILES string of the molecule is CN(CCC(=O)Nc1cc(N)ccc1F)C(CO)C(C)(C)C. The van der Waals surface area contributed by atoms with E-state index in [-0.39, 0.29) is 36.1 Å². The topological polar surface area (TPSA) is 78.6 Å². The molecule has 0 aliphatic rings. The molecule has 22 heavy (non-hydrogen) atoms. The van der Waals surface area contributed by atoms with Crippen molar-refractivity contribution in [1.82, 2.24) is 4.90 Å². The van der Waals surface area contributed by atoms with Crippen molar-refractivity contribution in [3.63, 3.8) is 0 Å². The molecule has 0 heterocycles. The second-order valence-corrected chi connectivity index (χ2v) is 6.58. The van der Waals surface area contributed by atoms with Gasteiger partial charge in [-0.15, -0.1) is 0 Å². The van der Waals surface area contributed by atoms with E-state index in [0.717, 1.165) is 0 Å². The number of anilines is 2. The van der Waals surface area contributed by atoms with Crippen LogP contribution in [0.3, 0.4) is 0 Å². The summed E-state index contributed by atoms with van der Waals surface area (Å²) in [6.45, 7) is 6.59. The number of nitrogens with two attached hydrogens (primary N) is 1. The highest BCUT2D eigenvalue weighted by Gasteiger charge is 2.27. The van der Waals surface area contributed by atoms with Crippen LogP contribution in [0.1, 0.15) is 27.2 Å². The summed E-state index contributed by atoms with van der Waals surface area (Å²) in [6, 6.07) is 4.00. The van der Waals surface area contributed by atoms with Gasteiger partial charge in [0, 0.05) is 24.7 Å². The van der Waals surface area contributed by atoms with Crippen LogP contribution in [0.25, 0.3) is 0 Å². The molecule has 6 heteroatoms. The maximum atomic E-state index is 13.6. The van der Waals surface area contributed by atoms with Crippen LogP contribution in [-0.2, 0) is 4.79 Å². The van der Waals surface area contributed by atoms with E-state index in [1.165, 1.54) is 18.2 Å². The van der Waals surface area contributed by atoms with E-state index in [9.17, 15) is 14.3 Å².